The third kappa shape index (κ3) is 2.88. The Morgan fingerprint density at radius 1 is 1.25 bits per heavy atom. The minimum Gasteiger partial charge on any atom is -0.282 e. The van der Waals surface area contributed by atoms with Crippen molar-refractivity contribution in [2.75, 3.05) is 0 Å². The second-order valence-electron chi connectivity index (χ2n) is 2.24. The largest absolute Gasteiger partial charge is 0.294 e. The van der Waals surface area contributed by atoms with Crippen molar-refractivity contribution in [1.29, 1.82) is 0 Å². The molecule has 0 aromatic heterocycles. The van der Waals surface area contributed by atoms with E-state index in [0.717, 1.165) is 0 Å². The molecule has 0 amide bonds. The fourth-order valence-electron chi connectivity index (χ4n) is 0.846. The van der Waals surface area contributed by atoms with Crippen LogP contribution in [0.1, 0.15) is 5.56 Å². The van der Waals surface area contributed by atoms with Gasteiger partial charge in [-0.1, -0.05) is 18.2 Å². The molecule has 1 N–H and O–H groups in total. The van der Waals surface area contributed by atoms with Crippen LogP contribution in [0.4, 0.5) is 0 Å². The molecular weight excluding hydrogens is 187 g/mol. The van der Waals surface area contributed by atoms with E-state index in [1.165, 1.54) is 6.07 Å². The summed E-state index contributed by atoms with van der Waals surface area (Å²) in [5, 5.41) is 0. The van der Waals surface area contributed by atoms with Gasteiger partial charge in [0.2, 0.25) is 0 Å². The molecule has 0 bridgehead atoms. The number of hydrogen-bond acceptors (Lipinski definition) is 2. The van der Waals surface area contributed by atoms with Crippen molar-refractivity contribution in [3.8, 4) is 0 Å². The van der Waals surface area contributed by atoms with Gasteiger partial charge in [0, 0.05) is 29.6 Å². The molecule has 1 aromatic carbocycles. The van der Waals surface area contributed by atoms with Gasteiger partial charge in [0.05, 0.1) is 4.90 Å². The summed E-state index contributed by atoms with van der Waals surface area (Å²) in [5.74, 6) is 0. The number of hydrogen-bond donors (Lipinski definition) is 1. The summed E-state index contributed by atoms with van der Waals surface area (Å²) >= 11 is 0. The summed E-state index contributed by atoms with van der Waals surface area (Å²) in [6.07, 6.45) is 0. The van der Waals surface area contributed by atoms with E-state index in [0.29, 0.717) is 5.56 Å². The Morgan fingerprint density at radius 3 is 2.08 bits per heavy atom. The third-order valence-electron chi connectivity index (χ3n) is 1.37. The predicted octanol–water partition coefficient (Wildman–Crippen LogP) is 0.861. The molecule has 0 heterocycles. The Bertz CT molecular complexity index is 359. The van der Waals surface area contributed by atoms with Crippen molar-refractivity contribution in [1.82, 2.24) is 0 Å². The van der Waals surface area contributed by atoms with Crippen molar-refractivity contribution in [2.24, 2.45) is 0 Å². The van der Waals surface area contributed by atoms with E-state index in [4.69, 9.17) is 4.55 Å². The first-order chi connectivity index (χ1) is 5.02. The molecule has 0 aliphatic heterocycles. The molecule has 0 unspecified atom stereocenters. The van der Waals surface area contributed by atoms with E-state index in [9.17, 15) is 8.42 Å². The van der Waals surface area contributed by atoms with Crippen molar-refractivity contribution >= 4 is 39.7 Å². The number of aryl methyl sites for hydroxylation is 1. The van der Waals surface area contributed by atoms with Crippen LogP contribution in [0.25, 0.3) is 0 Å². The molecule has 5 heteroatoms. The fraction of sp³-hybridized carbons (Fsp3) is 0.143. The minimum absolute atomic E-state index is 0. The number of rotatable bonds is 1. The summed E-state index contributed by atoms with van der Waals surface area (Å²) in [7, 11) is -4.03. The zero-order valence-electron chi connectivity index (χ0n) is 6.98. The van der Waals surface area contributed by atoms with Gasteiger partial charge in [0.15, 0.2) is 0 Å². The monoisotopic (exact) mass is 195 g/mol. The maximum atomic E-state index is 10.6. The van der Waals surface area contributed by atoms with Gasteiger partial charge in [-0.05, 0) is 18.6 Å². The molecule has 0 atom stereocenters. The first-order valence-corrected chi connectivity index (χ1v) is 4.49. The topological polar surface area (TPSA) is 54.4 Å². The summed E-state index contributed by atoms with van der Waals surface area (Å²) in [6, 6.07) is 6.27. The van der Waals surface area contributed by atoms with Crippen LogP contribution in [-0.4, -0.2) is 42.5 Å². The van der Waals surface area contributed by atoms with Gasteiger partial charge in [0.25, 0.3) is 10.1 Å². The van der Waals surface area contributed by atoms with E-state index < -0.39 is 10.1 Å². The molecule has 3 nitrogen and oxygen atoms in total. The molecule has 0 aliphatic rings. The standard InChI is InChI=1S/C7H8O3S.Na/c1-6-4-2-3-5-7(6)11(8,9)10;/h2-5H,1H3,(H,8,9,10);. The second kappa shape index (κ2) is 4.39. The fourth-order valence-corrected chi connectivity index (χ4v) is 1.57. The Morgan fingerprint density at radius 2 is 1.75 bits per heavy atom. The van der Waals surface area contributed by atoms with Crippen LogP contribution in [-0.2, 0) is 10.1 Å². The first kappa shape index (κ1) is 12.1. The third-order valence-corrected chi connectivity index (χ3v) is 2.39. The molecular formula is C7H8NaO3S. The van der Waals surface area contributed by atoms with Crippen molar-refractivity contribution in [3.05, 3.63) is 29.8 Å². The second-order valence-corrected chi connectivity index (χ2v) is 3.63. The molecule has 1 aromatic rings. The van der Waals surface area contributed by atoms with Gasteiger partial charge in [-0.25, -0.2) is 0 Å². The van der Waals surface area contributed by atoms with Crippen LogP contribution in [0, 0.1) is 6.92 Å². The van der Waals surface area contributed by atoms with Gasteiger partial charge >= 0.3 is 0 Å². The van der Waals surface area contributed by atoms with E-state index in [2.05, 4.69) is 0 Å². The van der Waals surface area contributed by atoms with Crippen LogP contribution in [0.15, 0.2) is 29.2 Å². The maximum Gasteiger partial charge on any atom is 0.294 e. The average molecular weight is 195 g/mol. The normalized spacial score (nSPS) is 10.5. The molecule has 0 fully saturated rings. The average Bonchev–Trinajstić information content (AvgIpc) is 1.86. The van der Waals surface area contributed by atoms with Gasteiger partial charge in [-0.15, -0.1) is 0 Å². The molecule has 0 aliphatic carbocycles. The predicted molar refractivity (Wildman–Crippen MR) is 46.7 cm³/mol. The summed E-state index contributed by atoms with van der Waals surface area (Å²) in [4.78, 5) is -0.0278. The molecule has 0 saturated heterocycles. The Kier molecular flexibility index (Phi) is 4.44. The van der Waals surface area contributed by atoms with Gasteiger partial charge in [-0.3, -0.25) is 4.55 Å². The first-order valence-electron chi connectivity index (χ1n) is 3.05. The van der Waals surface area contributed by atoms with Gasteiger partial charge in [0.1, 0.15) is 0 Å². The molecule has 0 spiro atoms. The summed E-state index contributed by atoms with van der Waals surface area (Å²) in [5.41, 5.74) is 0.551. The van der Waals surface area contributed by atoms with E-state index >= 15 is 0 Å². The molecule has 0 saturated carbocycles. The maximum absolute atomic E-state index is 10.6. The van der Waals surface area contributed by atoms with Gasteiger partial charge in [-0.2, -0.15) is 8.42 Å². The molecule has 61 valence electrons. The SMILES string of the molecule is Cc1ccccc1S(=O)(=O)O.[Na]. The van der Waals surface area contributed by atoms with E-state index in [1.54, 1.807) is 25.1 Å². The van der Waals surface area contributed by atoms with Crippen LogP contribution in [0.5, 0.6) is 0 Å². The summed E-state index contributed by atoms with van der Waals surface area (Å²) < 4.78 is 29.9. The van der Waals surface area contributed by atoms with Crippen LogP contribution >= 0.6 is 0 Å². The zero-order chi connectivity index (χ0) is 8.48. The smallest absolute Gasteiger partial charge is 0.282 e. The van der Waals surface area contributed by atoms with Crippen LogP contribution in [0.2, 0.25) is 0 Å². The molecule has 12 heavy (non-hydrogen) atoms. The quantitative estimate of drug-likeness (QED) is 0.534. The Hall–Kier alpha value is 0.130. The van der Waals surface area contributed by atoms with E-state index in [-0.39, 0.29) is 34.5 Å². The number of benzene rings is 1. The van der Waals surface area contributed by atoms with E-state index in [1.807, 2.05) is 0 Å². The van der Waals surface area contributed by atoms with Crippen molar-refractivity contribution in [2.45, 2.75) is 11.8 Å². The van der Waals surface area contributed by atoms with Crippen molar-refractivity contribution < 1.29 is 13.0 Å². The minimum atomic E-state index is -4.03. The van der Waals surface area contributed by atoms with Gasteiger partial charge < -0.3 is 0 Å². The van der Waals surface area contributed by atoms with Crippen LogP contribution in [0.3, 0.4) is 0 Å². The molecule has 1 radical (unpaired) electrons. The Labute approximate surface area is 93.8 Å². The Balaban J connectivity index is 0.00000121. The summed E-state index contributed by atoms with van der Waals surface area (Å²) in [6.45, 7) is 1.63. The van der Waals surface area contributed by atoms with Crippen molar-refractivity contribution in [3.63, 3.8) is 0 Å². The zero-order valence-corrected chi connectivity index (χ0v) is 9.80. The molecule has 1 rings (SSSR count). The van der Waals surface area contributed by atoms with Crippen LogP contribution < -0.4 is 0 Å².